The smallest absolute Gasteiger partial charge is 0.380 e. The van der Waals surface area contributed by atoms with Crippen molar-refractivity contribution in [2.45, 2.75) is 37.6 Å². The molecule has 7 heteroatoms. The summed E-state index contributed by atoms with van der Waals surface area (Å²) in [4.78, 5) is 4.02. The third kappa shape index (κ3) is 3.84. The van der Waals surface area contributed by atoms with Gasteiger partial charge in [-0.25, -0.2) is 0 Å². The Bertz CT molecular complexity index is 317. The van der Waals surface area contributed by atoms with E-state index in [4.69, 9.17) is 4.74 Å². The molecule has 2 heterocycles. The summed E-state index contributed by atoms with van der Waals surface area (Å²) in [6, 6.07) is 0.275. The fourth-order valence-corrected chi connectivity index (χ4v) is 2.94. The van der Waals surface area contributed by atoms with Crippen LogP contribution < -0.4 is 0 Å². The minimum atomic E-state index is -4.58. The molecule has 20 heavy (non-hydrogen) atoms. The molecule has 2 aliphatic heterocycles. The van der Waals surface area contributed by atoms with Gasteiger partial charge in [0.2, 0.25) is 0 Å². The molecule has 2 atom stereocenters. The van der Waals surface area contributed by atoms with Crippen molar-refractivity contribution in [1.29, 1.82) is 0 Å². The summed E-state index contributed by atoms with van der Waals surface area (Å²) < 4.78 is 43.5. The van der Waals surface area contributed by atoms with Crippen molar-refractivity contribution in [3.63, 3.8) is 0 Å². The number of ether oxygens (including phenoxy) is 1. The second-order valence-electron chi connectivity index (χ2n) is 5.95. The van der Waals surface area contributed by atoms with Gasteiger partial charge in [0.1, 0.15) is 0 Å². The lowest BCUT2D eigenvalue weighted by molar-refractivity contribution is -0.258. The maximum atomic E-state index is 12.7. The van der Waals surface area contributed by atoms with Gasteiger partial charge in [-0.15, -0.1) is 0 Å². The standard InChI is InChI=1S/C13H23F3N2O2/c1-12(19,13(14,15)16)10-17-4-2-3-11(9-17)18-5-7-20-8-6-18/h11,19H,2-10H2,1H3/t11-,12-/m0/s1. The summed E-state index contributed by atoms with van der Waals surface area (Å²) >= 11 is 0. The Balaban J connectivity index is 1.90. The SMILES string of the molecule is C[C@](O)(CN1CCC[C@H](N2CCOCC2)C1)C(F)(F)F. The van der Waals surface area contributed by atoms with Crippen LogP contribution in [0.15, 0.2) is 0 Å². The maximum absolute atomic E-state index is 12.7. The first-order chi connectivity index (χ1) is 9.29. The predicted octanol–water partition coefficient (Wildman–Crippen LogP) is 1.10. The van der Waals surface area contributed by atoms with E-state index in [1.54, 1.807) is 4.90 Å². The van der Waals surface area contributed by atoms with E-state index in [2.05, 4.69) is 4.90 Å². The zero-order valence-electron chi connectivity index (χ0n) is 11.8. The molecule has 118 valence electrons. The van der Waals surface area contributed by atoms with E-state index in [0.717, 1.165) is 32.9 Å². The first-order valence-electron chi connectivity index (χ1n) is 7.13. The molecule has 2 saturated heterocycles. The summed E-state index contributed by atoms with van der Waals surface area (Å²) in [7, 11) is 0. The highest BCUT2D eigenvalue weighted by Crippen LogP contribution is 2.31. The van der Waals surface area contributed by atoms with Crippen LogP contribution in [0.4, 0.5) is 13.2 Å². The number of halogens is 3. The summed E-state index contributed by atoms with van der Waals surface area (Å²) in [6.07, 6.45) is -2.71. The van der Waals surface area contributed by atoms with Crippen molar-refractivity contribution in [3.05, 3.63) is 0 Å². The van der Waals surface area contributed by atoms with Crippen LogP contribution in [0.1, 0.15) is 19.8 Å². The van der Waals surface area contributed by atoms with Crippen LogP contribution in [0.3, 0.4) is 0 Å². The number of aliphatic hydroxyl groups is 1. The highest BCUT2D eigenvalue weighted by molar-refractivity contribution is 4.89. The van der Waals surface area contributed by atoms with Crippen molar-refractivity contribution in [2.75, 3.05) is 45.9 Å². The molecule has 0 amide bonds. The van der Waals surface area contributed by atoms with E-state index in [9.17, 15) is 18.3 Å². The van der Waals surface area contributed by atoms with Crippen LogP contribution in [-0.2, 0) is 4.74 Å². The van der Waals surface area contributed by atoms with Crippen LogP contribution >= 0.6 is 0 Å². The highest BCUT2D eigenvalue weighted by atomic mass is 19.4. The van der Waals surface area contributed by atoms with Gasteiger partial charge in [-0.1, -0.05) is 0 Å². The Hall–Kier alpha value is -0.370. The quantitative estimate of drug-likeness (QED) is 0.846. The fraction of sp³-hybridized carbons (Fsp3) is 1.00. The molecule has 0 radical (unpaired) electrons. The summed E-state index contributed by atoms with van der Waals surface area (Å²) in [5.74, 6) is 0. The van der Waals surface area contributed by atoms with Gasteiger partial charge in [-0.3, -0.25) is 9.80 Å². The number of β-amino-alcohol motifs (C(OH)–C–C–N with tert-alkyl or cyclic N) is 1. The van der Waals surface area contributed by atoms with Crippen LogP contribution in [0, 0.1) is 0 Å². The number of rotatable bonds is 3. The number of hydrogen-bond donors (Lipinski definition) is 1. The molecule has 0 aromatic heterocycles. The average Bonchev–Trinajstić information content (AvgIpc) is 2.38. The Kier molecular flexibility index (Phi) is 4.94. The highest BCUT2D eigenvalue weighted by Gasteiger charge is 2.51. The van der Waals surface area contributed by atoms with E-state index in [1.165, 1.54) is 0 Å². The monoisotopic (exact) mass is 296 g/mol. The Morgan fingerprint density at radius 3 is 2.45 bits per heavy atom. The Morgan fingerprint density at radius 1 is 1.20 bits per heavy atom. The number of morpholine rings is 1. The van der Waals surface area contributed by atoms with Crippen LogP contribution in [0.5, 0.6) is 0 Å². The Morgan fingerprint density at radius 2 is 1.85 bits per heavy atom. The topological polar surface area (TPSA) is 35.9 Å². The van der Waals surface area contributed by atoms with E-state index >= 15 is 0 Å². The first-order valence-corrected chi connectivity index (χ1v) is 7.13. The third-order valence-corrected chi connectivity index (χ3v) is 4.18. The molecule has 4 nitrogen and oxygen atoms in total. The molecule has 0 aromatic carbocycles. The van der Waals surface area contributed by atoms with Crippen molar-refractivity contribution >= 4 is 0 Å². The number of nitrogens with zero attached hydrogens (tertiary/aromatic N) is 2. The first kappa shape index (κ1) is 16.0. The van der Waals surface area contributed by atoms with Crippen LogP contribution in [0.2, 0.25) is 0 Å². The van der Waals surface area contributed by atoms with Crippen molar-refractivity contribution < 1.29 is 23.0 Å². The van der Waals surface area contributed by atoms with E-state index in [1.807, 2.05) is 0 Å². The maximum Gasteiger partial charge on any atom is 0.418 e. The van der Waals surface area contributed by atoms with Gasteiger partial charge >= 0.3 is 6.18 Å². The molecule has 0 saturated carbocycles. The minimum absolute atomic E-state index is 0.275. The van der Waals surface area contributed by atoms with E-state index in [0.29, 0.717) is 26.3 Å². The zero-order valence-corrected chi connectivity index (χ0v) is 11.8. The summed E-state index contributed by atoms with van der Waals surface area (Å²) in [5, 5.41) is 9.60. The van der Waals surface area contributed by atoms with Crippen LogP contribution in [-0.4, -0.2) is 78.7 Å². The zero-order chi connectivity index (χ0) is 14.8. The molecule has 2 fully saturated rings. The molecule has 0 aromatic rings. The van der Waals surface area contributed by atoms with Gasteiger partial charge in [0.15, 0.2) is 5.60 Å². The number of piperidine rings is 1. The summed E-state index contributed by atoms with van der Waals surface area (Å²) in [6.45, 7) is 4.78. The lowest BCUT2D eigenvalue weighted by Crippen LogP contribution is -2.57. The van der Waals surface area contributed by atoms with Crippen molar-refractivity contribution in [2.24, 2.45) is 0 Å². The van der Waals surface area contributed by atoms with Crippen LogP contribution in [0.25, 0.3) is 0 Å². The number of hydrogen-bond acceptors (Lipinski definition) is 4. The molecule has 2 aliphatic rings. The second kappa shape index (κ2) is 6.17. The van der Waals surface area contributed by atoms with Gasteiger partial charge in [-0.05, 0) is 26.3 Å². The molecular formula is C13H23F3N2O2. The van der Waals surface area contributed by atoms with E-state index < -0.39 is 11.8 Å². The normalized spacial score (nSPS) is 30.1. The van der Waals surface area contributed by atoms with Gasteiger partial charge in [-0.2, -0.15) is 13.2 Å². The van der Waals surface area contributed by atoms with Crippen molar-refractivity contribution in [3.8, 4) is 0 Å². The second-order valence-corrected chi connectivity index (χ2v) is 5.95. The lowest BCUT2D eigenvalue weighted by atomic mass is 10.00. The molecule has 0 spiro atoms. The van der Waals surface area contributed by atoms with Gasteiger partial charge in [0.25, 0.3) is 0 Å². The lowest BCUT2D eigenvalue weighted by Gasteiger charge is -2.42. The largest absolute Gasteiger partial charge is 0.418 e. The Labute approximate surface area is 117 Å². The molecule has 0 unspecified atom stereocenters. The molecule has 0 bridgehead atoms. The van der Waals surface area contributed by atoms with Gasteiger partial charge in [0.05, 0.1) is 13.2 Å². The number of alkyl halides is 3. The van der Waals surface area contributed by atoms with Crippen molar-refractivity contribution in [1.82, 2.24) is 9.80 Å². The third-order valence-electron chi connectivity index (χ3n) is 4.18. The summed E-state index contributed by atoms with van der Waals surface area (Å²) in [5.41, 5.74) is -2.64. The fourth-order valence-electron chi connectivity index (χ4n) is 2.94. The number of likely N-dealkylation sites (tertiary alicyclic amines) is 1. The molecule has 0 aliphatic carbocycles. The average molecular weight is 296 g/mol. The molecule has 2 rings (SSSR count). The molecule has 1 N–H and O–H groups in total. The molecular weight excluding hydrogens is 273 g/mol. The van der Waals surface area contributed by atoms with E-state index in [-0.39, 0.29) is 12.6 Å². The van der Waals surface area contributed by atoms with Gasteiger partial charge in [0, 0.05) is 32.2 Å². The van der Waals surface area contributed by atoms with Gasteiger partial charge < -0.3 is 9.84 Å². The minimum Gasteiger partial charge on any atom is -0.380 e. The predicted molar refractivity (Wildman–Crippen MR) is 68.5 cm³/mol.